The van der Waals surface area contributed by atoms with Crippen LogP contribution in [0.4, 0.5) is 0 Å². The first-order valence-corrected chi connectivity index (χ1v) is 5.09. The van der Waals surface area contributed by atoms with Crippen LogP contribution in [0.2, 0.25) is 0 Å². The van der Waals surface area contributed by atoms with Crippen molar-refractivity contribution in [1.82, 2.24) is 9.55 Å². The number of carbonyl (C=O) groups is 1. The normalized spacial score (nSPS) is 10.1. The van der Waals surface area contributed by atoms with Crippen molar-refractivity contribution in [2.45, 2.75) is 6.92 Å². The molecule has 0 aliphatic rings. The number of esters is 1. The molecule has 0 unspecified atom stereocenters. The minimum atomic E-state index is -0.335. The van der Waals surface area contributed by atoms with Gasteiger partial charge in [0.05, 0.1) is 6.61 Å². The van der Waals surface area contributed by atoms with E-state index < -0.39 is 0 Å². The summed E-state index contributed by atoms with van der Waals surface area (Å²) in [6.45, 7) is 2.15. The number of aromatic nitrogens is 2. The summed E-state index contributed by atoms with van der Waals surface area (Å²) in [6, 6.07) is 9.05. The molecule has 0 saturated carbocycles. The zero-order valence-electron chi connectivity index (χ0n) is 8.96. The van der Waals surface area contributed by atoms with Crippen molar-refractivity contribution in [1.29, 1.82) is 0 Å². The average molecular weight is 216 g/mol. The third kappa shape index (κ3) is 1.95. The number of hydrogen-bond donors (Lipinski definition) is 0. The molecule has 4 nitrogen and oxygen atoms in total. The first-order valence-electron chi connectivity index (χ1n) is 5.09. The van der Waals surface area contributed by atoms with Gasteiger partial charge in [-0.15, -0.1) is 0 Å². The minimum Gasteiger partial charge on any atom is -0.461 e. The highest BCUT2D eigenvalue weighted by Crippen LogP contribution is 2.10. The Morgan fingerprint density at radius 2 is 2.25 bits per heavy atom. The van der Waals surface area contributed by atoms with Crippen molar-refractivity contribution < 1.29 is 9.53 Å². The molecule has 0 saturated heterocycles. The summed E-state index contributed by atoms with van der Waals surface area (Å²) < 4.78 is 6.67. The van der Waals surface area contributed by atoms with Crippen LogP contribution >= 0.6 is 0 Å². The van der Waals surface area contributed by atoms with Crippen LogP contribution in [0, 0.1) is 0 Å². The van der Waals surface area contributed by atoms with Gasteiger partial charge in [0, 0.05) is 12.4 Å². The maximum absolute atomic E-state index is 11.6. The number of carbonyl (C=O) groups excluding carboxylic acids is 1. The number of hydrogen-bond acceptors (Lipinski definition) is 3. The van der Waals surface area contributed by atoms with Gasteiger partial charge in [-0.2, -0.15) is 0 Å². The topological polar surface area (TPSA) is 44.1 Å². The van der Waals surface area contributed by atoms with E-state index in [0.717, 1.165) is 0 Å². The standard InChI is InChI=1S/C12H12N2O2/c1-2-16-12(15)10-6-5-9-14(10)11-7-3-4-8-13-11/h3-9H,2H2,1H3. The van der Waals surface area contributed by atoms with E-state index in [1.54, 1.807) is 36.0 Å². The van der Waals surface area contributed by atoms with Crippen molar-refractivity contribution in [2.24, 2.45) is 0 Å². The molecule has 2 aromatic rings. The second-order valence-electron chi connectivity index (χ2n) is 3.17. The lowest BCUT2D eigenvalue weighted by Crippen LogP contribution is -2.11. The van der Waals surface area contributed by atoms with Crippen LogP contribution in [-0.4, -0.2) is 22.1 Å². The summed E-state index contributed by atoms with van der Waals surface area (Å²) in [6.07, 6.45) is 3.47. The Bertz CT molecular complexity index is 477. The molecule has 0 fully saturated rings. The summed E-state index contributed by atoms with van der Waals surface area (Å²) in [5.41, 5.74) is 0.487. The molecule has 0 radical (unpaired) electrons. The Kier molecular flexibility index (Phi) is 3.00. The molecule has 2 rings (SSSR count). The molecule has 0 amide bonds. The van der Waals surface area contributed by atoms with Crippen molar-refractivity contribution in [3.63, 3.8) is 0 Å². The zero-order valence-corrected chi connectivity index (χ0v) is 8.96. The lowest BCUT2D eigenvalue weighted by Gasteiger charge is -2.06. The van der Waals surface area contributed by atoms with Gasteiger partial charge in [0.15, 0.2) is 0 Å². The molecule has 0 bridgehead atoms. The predicted molar refractivity (Wildman–Crippen MR) is 59.5 cm³/mol. The van der Waals surface area contributed by atoms with Gasteiger partial charge < -0.3 is 4.74 Å². The fourth-order valence-corrected chi connectivity index (χ4v) is 1.45. The molecular formula is C12H12N2O2. The summed E-state index contributed by atoms with van der Waals surface area (Å²) in [5.74, 6) is 0.369. The van der Waals surface area contributed by atoms with Gasteiger partial charge in [-0.05, 0) is 31.2 Å². The Labute approximate surface area is 93.5 Å². The molecule has 2 heterocycles. The Hall–Kier alpha value is -2.10. The molecule has 0 atom stereocenters. The van der Waals surface area contributed by atoms with Gasteiger partial charge in [0.25, 0.3) is 0 Å². The molecule has 0 aromatic carbocycles. The second-order valence-corrected chi connectivity index (χ2v) is 3.17. The first-order chi connectivity index (χ1) is 7.83. The number of pyridine rings is 1. The third-order valence-electron chi connectivity index (χ3n) is 2.13. The molecule has 0 spiro atoms. The van der Waals surface area contributed by atoms with Crippen LogP contribution in [0.3, 0.4) is 0 Å². The molecule has 0 aliphatic carbocycles. The summed E-state index contributed by atoms with van der Waals surface area (Å²) in [4.78, 5) is 15.8. The van der Waals surface area contributed by atoms with Gasteiger partial charge >= 0.3 is 5.97 Å². The summed E-state index contributed by atoms with van der Waals surface area (Å²) >= 11 is 0. The number of ether oxygens (including phenoxy) is 1. The van der Waals surface area contributed by atoms with E-state index in [9.17, 15) is 4.79 Å². The van der Waals surface area contributed by atoms with E-state index in [1.165, 1.54) is 0 Å². The third-order valence-corrected chi connectivity index (χ3v) is 2.13. The second kappa shape index (κ2) is 4.61. The van der Waals surface area contributed by atoms with Gasteiger partial charge in [-0.1, -0.05) is 6.07 Å². The van der Waals surface area contributed by atoms with Gasteiger partial charge in [-0.3, -0.25) is 4.57 Å². The Morgan fingerprint density at radius 3 is 2.94 bits per heavy atom. The molecule has 16 heavy (non-hydrogen) atoms. The van der Waals surface area contributed by atoms with Gasteiger partial charge in [-0.25, -0.2) is 9.78 Å². The Balaban J connectivity index is 2.37. The van der Waals surface area contributed by atoms with E-state index >= 15 is 0 Å². The van der Waals surface area contributed by atoms with E-state index in [0.29, 0.717) is 18.1 Å². The molecule has 2 aromatic heterocycles. The molecule has 4 heteroatoms. The lowest BCUT2D eigenvalue weighted by atomic mass is 10.4. The van der Waals surface area contributed by atoms with E-state index in [2.05, 4.69) is 4.98 Å². The SMILES string of the molecule is CCOC(=O)c1cccn1-c1ccccn1. The monoisotopic (exact) mass is 216 g/mol. The number of nitrogens with zero attached hydrogens (tertiary/aromatic N) is 2. The fourth-order valence-electron chi connectivity index (χ4n) is 1.45. The zero-order chi connectivity index (χ0) is 11.4. The van der Waals surface area contributed by atoms with Crippen molar-refractivity contribution >= 4 is 5.97 Å². The predicted octanol–water partition coefficient (Wildman–Crippen LogP) is 2.05. The summed E-state index contributed by atoms with van der Waals surface area (Å²) in [7, 11) is 0. The molecular weight excluding hydrogens is 204 g/mol. The minimum absolute atomic E-state index is 0.335. The van der Waals surface area contributed by atoms with Crippen LogP contribution in [0.25, 0.3) is 5.82 Å². The highest BCUT2D eigenvalue weighted by Gasteiger charge is 2.12. The average Bonchev–Trinajstić information content (AvgIpc) is 2.79. The van der Waals surface area contributed by atoms with Gasteiger partial charge in [0.1, 0.15) is 11.5 Å². The Morgan fingerprint density at radius 1 is 1.38 bits per heavy atom. The quantitative estimate of drug-likeness (QED) is 0.737. The summed E-state index contributed by atoms with van der Waals surface area (Å²) in [5, 5.41) is 0. The highest BCUT2D eigenvalue weighted by molar-refractivity contribution is 5.88. The maximum Gasteiger partial charge on any atom is 0.355 e. The van der Waals surface area contributed by atoms with E-state index in [4.69, 9.17) is 4.74 Å². The lowest BCUT2D eigenvalue weighted by molar-refractivity contribution is 0.0517. The largest absolute Gasteiger partial charge is 0.461 e. The van der Waals surface area contributed by atoms with Crippen LogP contribution in [0.1, 0.15) is 17.4 Å². The van der Waals surface area contributed by atoms with Crippen LogP contribution < -0.4 is 0 Å². The van der Waals surface area contributed by atoms with E-state index in [-0.39, 0.29) is 5.97 Å². The van der Waals surface area contributed by atoms with Crippen molar-refractivity contribution in [3.8, 4) is 5.82 Å². The van der Waals surface area contributed by atoms with Crippen molar-refractivity contribution in [2.75, 3.05) is 6.61 Å². The fraction of sp³-hybridized carbons (Fsp3) is 0.167. The maximum atomic E-state index is 11.6. The van der Waals surface area contributed by atoms with E-state index in [1.807, 2.05) is 18.2 Å². The van der Waals surface area contributed by atoms with Crippen molar-refractivity contribution in [3.05, 3.63) is 48.4 Å². The first kappa shape index (κ1) is 10.4. The van der Waals surface area contributed by atoms with Crippen LogP contribution in [0.5, 0.6) is 0 Å². The molecule has 0 aliphatic heterocycles. The van der Waals surface area contributed by atoms with Gasteiger partial charge in [0.2, 0.25) is 0 Å². The molecule has 82 valence electrons. The number of rotatable bonds is 3. The highest BCUT2D eigenvalue weighted by atomic mass is 16.5. The smallest absolute Gasteiger partial charge is 0.355 e. The van der Waals surface area contributed by atoms with Crippen LogP contribution in [0.15, 0.2) is 42.7 Å². The van der Waals surface area contributed by atoms with Crippen LogP contribution in [-0.2, 0) is 4.74 Å². The molecule has 0 N–H and O–H groups in total.